The molecule has 1 fully saturated rings. The number of thiophene rings is 1. The zero-order valence-electron chi connectivity index (χ0n) is 13.2. The highest BCUT2D eigenvalue weighted by molar-refractivity contribution is 7.17. The summed E-state index contributed by atoms with van der Waals surface area (Å²) in [5, 5.41) is 6.63. The highest BCUT2D eigenvalue weighted by Crippen LogP contribution is 2.29. The molecule has 1 aliphatic carbocycles. The summed E-state index contributed by atoms with van der Waals surface area (Å²) in [5.41, 5.74) is 1.34. The van der Waals surface area contributed by atoms with Crippen molar-refractivity contribution < 1.29 is 4.79 Å². The van der Waals surface area contributed by atoms with Crippen LogP contribution in [-0.4, -0.2) is 30.6 Å². The zero-order valence-corrected chi connectivity index (χ0v) is 14.0. The summed E-state index contributed by atoms with van der Waals surface area (Å²) in [6, 6.07) is 8.58. The van der Waals surface area contributed by atoms with Crippen molar-refractivity contribution in [1.82, 2.24) is 10.2 Å². The van der Waals surface area contributed by atoms with Gasteiger partial charge in [0.1, 0.15) is 0 Å². The Bertz CT molecular complexity index is 633. The number of benzene rings is 1. The second-order valence-electron chi connectivity index (χ2n) is 6.13. The van der Waals surface area contributed by atoms with E-state index in [1.54, 1.807) is 11.3 Å². The smallest absolute Gasteiger partial charge is 0.317 e. The summed E-state index contributed by atoms with van der Waals surface area (Å²) in [7, 11) is 0. The number of rotatable bonds is 7. The molecule has 1 aromatic heterocycles. The largest absolute Gasteiger partial charge is 0.338 e. The van der Waals surface area contributed by atoms with Gasteiger partial charge in [-0.3, -0.25) is 0 Å². The quantitative estimate of drug-likeness (QED) is 0.812. The van der Waals surface area contributed by atoms with E-state index in [4.69, 9.17) is 0 Å². The Balaban J connectivity index is 1.51. The Morgan fingerprint density at radius 1 is 1.36 bits per heavy atom. The van der Waals surface area contributed by atoms with Crippen LogP contribution >= 0.6 is 11.3 Å². The molecule has 4 heteroatoms. The minimum absolute atomic E-state index is 0.105. The van der Waals surface area contributed by atoms with E-state index in [0.29, 0.717) is 6.54 Å². The van der Waals surface area contributed by atoms with Crippen molar-refractivity contribution in [2.24, 2.45) is 5.92 Å². The number of amides is 2. The molecule has 0 saturated heterocycles. The van der Waals surface area contributed by atoms with Crippen molar-refractivity contribution >= 4 is 27.5 Å². The molecule has 1 saturated carbocycles. The first-order valence-electron chi connectivity index (χ1n) is 8.25. The van der Waals surface area contributed by atoms with Crippen molar-refractivity contribution in [2.75, 3.05) is 19.6 Å². The monoisotopic (exact) mass is 316 g/mol. The van der Waals surface area contributed by atoms with E-state index in [2.05, 4.69) is 41.9 Å². The van der Waals surface area contributed by atoms with Crippen LogP contribution in [0.25, 0.3) is 10.1 Å². The molecular formula is C18H24N2OS. The third-order valence-corrected chi connectivity index (χ3v) is 5.20. The molecule has 3 rings (SSSR count). The Hall–Kier alpha value is -1.55. The third kappa shape index (κ3) is 3.80. The third-order valence-electron chi connectivity index (χ3n) is 4.19. The lowest BCUT2D eigenvalue weighted by molar-refractivity contribution is 0.195. The summed E-state index contributed by atoms with van der Waals surface area (Å²) < 4.78 is 1.32. The van der Waals surface area contributed by atoms with Crippen molar-refractivity contribution in [2.45, 2.75) is 32.6 Å². The normalized spacial score (nSPS) is 14.2. The van der Waals surface area contributed by atoms with Gasteiger partial charge in [0.05, 0.1) is 0 Å². The van der Waals surface area contributed by atoms with Crippen LogP contribution in [0.5, 0.6) is 0 Å². The molecule has 22 heavy (non-hydrogen) atoms. The molecule has 1 N–H and O–H groups in total. The summed E-state index contributed by atoms with van der Waals surface area (Å²) in [4.78, 5) is 14.3. The Labute approximate surface area is 136 Å². The van der Waals surface area contributed by atoms with Crippen LogP contribution in [0.4, 0.5) is 4.79 Å². The Morgan fingerprint density at radius 3 is 2.95 bits per heavy atom. The first-order chi connectivity index (χ1) is 10.8. The molecule has 1 heterocycles. The number of carbonyl (C=O) groups excluding carboxylic acids is 1. The minimum atomic E-state index is 0.105. The van der Waals surface area contributed by atoms with Crippen LogP contribution in [-0.2, 0) is 6.42 Å². The average Bonchev–Trinajstić information content (AvgIpc) is 3.26. The predicted octanol–water partition coefficient (Wildman–Crippen LogP) is 4.28. The number of urea groups is 1. The lowest BCUT2D eigenvalue weighted by Crippen LogP contribution is -2.42. The molecule has 3 nitrogen and oxygen atoms in total. The van der Waals surface area contributed by atoms with Gasteiger partial charge in [-0.1, -0.05) is 25.1 Å². The maximum absolute atomic E-state index is 12.3. The van der Waals surface area contributed by atoms with E-state index in [1.807, 2.05) is 4.90 Å². The van der Waals surface area contributed by atoms with E-state index < -0.39 is 0 Å². The van der Waals surface area contributed by atoms with Gasteiger partial charge in [0.15, 0.2) is 0 Å². The fourth-order valence-corrected chi connectivity index (χ4v) is 3.80. The summed E-state index contributed by atoms with van der Waals surface area (Å²) in [5.74, 6) is 0.748. The summed E-state index contributed by atoms with van der Waals surface area (Å²) in [6.07, 6.45) is 4.50. The topological polar surface area (TPSA) is 32.3 Å². The molecule has 0 bridgehead atoms. The number of nitrogens with zero attached hydrogens (tertiary/aromatic N) is 1. The van der Waals surface area contributed by atoms with E-state index in [-0.39, 0.29) is 6.03 Å². The summed E-state index contributed by atoms with van der Waals surface area (Å²) >= 11 is 1.78. The fraction of sp³-hybridized carbons (Fsp3) is 0.500. The van der Waals surface area contributed by atoms with Crippen molar-refractivity contribution in [3.8, 4) is 0 Å². The highest BCUT2D eigenvalue weighted by Gasteiger charge is 2.26. The van der Waals surface area contributed by atoms with Crippen LogP contribution in [0.2, 0.25) is 0 Å². The van der Waals surface area contributed by atoms with Crippen LogP contribution in [0.1, 0.15) is 31.7 Å². The molecule has 0 spiro atoms. The Kier molecular flexibility index (Phi) is 4.98. The number of nitrogens with one attached hydrogen (secondary N) is 1. The molecule has 0 aliphatic heterocycles. The van der Waals surface area contributed by atoms with Gasteiger partial charge in [-0.05, 0) is 54.0 Å². The SMILES string of the molecule is CCCN(CC1CC1)C(=O)NCCc1csc2ccccc12. The second-order valence-corrected chi connectivity index (χ2v) is 7.04. The van der Waals surface area contributed by atoms with Gasteiger partial charge in [0.25, 0.3) is 0 Å². The molecule has 1 aromatic carbocycles. The number of carbonyl (C=O) groups is 1. The van der Waals surface area contributed by atoms with Crippen LogP contribution in [0.15, 0.2) is 29.6 Å². The van der Waals surface area contributed by atoms with Crippen LogP contribution in [0, 0.1) is 5.92 Å². The van der Waals surface area contributed by atoms with Gasteiger partial charge in [-0.25, -0.2) is 4.79 Å². The molecule has 1 aliphatic rings. The molecule has 118 valence electrons. The lowest BCUT2D eigenvalue weighted by Gasteiger charge is -2.22. The van der Waals surface area contributed by atoms with Gasteiger partial charge in [0, 0.05) is 24.3 Å². The average molecular weight is 316 g/mol. The van der Waals surface area contributed by atoms with Gasteiger partial charge in [-0.15, -0.1) is 11.3 Å². The highest BCUT2D eigenvalue weighted by atomic mass is 32.1. The van der Waals surface area contributed by atoms with E-state index in [9.17, 15) is 4.79 Å². The minimum Gasteiger partial charge on any atom is -0.338 e. The molecule has 0 atom stereocenters. The van der Waals surface area contributed by atoms with E-state index in [0.717, 1.165) is 31.8 Å². The van der Waals surface area contributed by atoms with Crippen molar-refractivity contribution in [1.29, 1.82) is 0 Å². The predicted molar refractivity (Wildman–Crippen MR) is 93.5 cm³/mol. The number of hydrogen-bond acceptors (Lipinski definition) is 2. The van der Waals surface area contributed by atoms with Gasteiger partial charge < -0.3 is 10.2 Å². The standard InChI is InChI=1S/C18H24N2OS/c1-2-11-20(12-14-7-8-14)18(21)19-10-9-15-13-22-17-6-4-3-5-16(15)17/h3-6,13-14H,2,7-12H2,1H3,(H,19,21). The molecule has 2 aromatic rings. The van der Waals surface area contributed by atoms with Gasteiger partial charge in [0.2, 0.25) is 0 Å². The van der Waals surface area contributed by atoms with Gasteiger partial charge in [-0.2, -0.15) is 0 Å². The maximum Gasteiger partial charge on any atom is 0.317 e. The molecular weight excluding hydrogens is 292 g/mol. The number of hydrogen-bond donors (Lipinski definition) is 1. The first kappa shape index (κ1) is 15.3. The van der Waals surface area contributed by atoms with E-state index in [1.165, 1.54) is 28.5 Å². The van der Waals surface area contributed by atoms with E-state index >= 15 is 0 Å². The number of fused-ring (bicyclic) bond motifs is 1. The van der Waals surface area contributed by atoms with Gasteiger partial charge >= 0.3 is 6.03 Å². The first-order valence-corrected chi connectivity index (χ1v) is 9.13. The zero-order chi connectivity index (χ0) is 15.4. The summed E-state index contributed by atoms with van der Waals surface area (Å²) in [6.45, 7) is 4.64. The van der Waals surface area contributed by atoms with Crippen LogP contribution < -0.4 is 5.32 Å². The van der Waals surface area contributed by atoms with Crippen LogP contribution in [0.3, 0.4) is 0 Å². The molecule has 2 amide bonds. The van der Waals surface area contributed by atoms with Crippen molar-refractivity contribution in [3.63, 3.8) is 0 Å². The second kappa shape index (κ2) is 7.14. The fourth-order valence-electron chi connectivity index (χ4n) is 2.80. The molecule has 0 unspecified atom stereocenters. The van der Waals surface area contributed by atoms with Crippen molar-refractivity contribution in [3.05, 3.63) is 35.2 Å². The lowest BCUT2D eigenvalue weighted by atomic mass is 10.1. The maximum atomic E-state index is 12.3. The molecule has 0 radical (unpaired) electrons. The Morgan fingerprint density at radius 2 is 2.18 bits per heavy atom.